The fourth-order valence-corrected chi connectivity index (χ4v) is 3.78. The molecule has 1 amide bonds. The number of halogens is 1. The Hall–Kier alpha value is -2.74. The molecular formula is C23H30FN3O4. The van der Waals surface area contributed by atoms with Crippen molar-refractivity contribution in [2.45, 2.75) is 58.8 Å². The minimum atomic E-state index is -1.24. The molecule has 1 unspecified atom stereocenters. The normalized spacial score (nSPS) is 21.1. The Balaban J connectivity index is 1.79. The third-order valence-electron chi connectivity index (χ3n) is 5.75. The Morgan fingerprint density at radius 1 is 1.29 bits per heavy atom. The number of ether oxygens (including phenoxy) is 1. The number of amides is 1. The smallest absolute Gasteiger partial charge is 0.410 e. The number of likely N-dealkylation sites (tertiary alicyclic amines) is 1. The van der Waals surface area contributed by atoms with Crippen molar-refractivity contribution in [1.29, 1.82) is 0 Å². The number of piperidine rings is 1. The Morgan fingerprint density at radius 3 is 2.55 bits per heavy atom. The van der Waals surface area contributed by atoms with Crippen LogP contribution in [-0.2, 0) is 11.3 Å². The van der Waals surface area contributed by atoms with Crippen molar-refractivity contribution in [3.8, 4) is 11.3 Å². The molecule has 31 heavy (non-hydrogen) atoms. The van der Waals surface area contributed by atoms with E-state index in [1.165, 1.54) is 23.0 Å². The molecule has 7 nitrogen and oxygen atoms in total. The number of nitrogens with zero attached hydrogens (tertiary/aromatic N) is 3. The van der Waals surface area contributed by atoms with Gasteiger partial charge in [0.25, 0.3) is 5.56 Å². The summed E-state index contributed by atoms with van der Waals surface area (Å²) >= 11 is 0. The minimum Gasteiger partial charge on any atom is -0.444 e. The van der Waals surface area contributed by atoms with Crippen LogP contribution in [0.3, 0.4) is 0 Å². The van der Waals surface area contributed by atoms with Crippen molar-refractivity contribution in [1.82, 2.24) is 14.5 Å². The molecular weight excluding hydrogens is 401 g/mol. The number of carbonyl (C=O) groups is 1. The third kappa shape index (κ3) is 4.95. The van der Waals surface area contributed by atoms with Crippen LogP contribution in [0.4, 0.5) is 9.18 Å². The second kappa shape index (κ2) is 8.07. The van der Waals surface area contributed by atoms with Gasteiger partial charge in [-0.25, -0.2) is 14.2 Å². The third-order valence-corrected chi connectivity index (χ3v) is 5.75. The molecule has 168 valence electrons. The number of aromatic nitrogens is 2. The maximum atomic E-state index is 14.0. The van der Waals surface area contributed by atoms with Gasteiger partial charge in [0, 0.05) is 30.1 Å². The molecule has 2 heterocycles. The number of aliphatic hydroxyl groups is 1. The SMILES string of the molecule is CC(C)(C)OC(=O)N1CCC(O)(Cn2cnc(-c3ccccc3F)cc2=O)C(C)(C)C1. The molecule has 0 bridgehead atoms. The molecule has 0 saturated carbocycles. The summed E-state index contributed by atoms with van der Waals surface area (Å²) in [4.78, 5) is 30.9. The average molecular weight is 432 g/mol. The van der Waals surface area contributed by atoms with E-state index in [4.69, 9.17) is 4.74 Å². The second-order valence-corrected chi connectivity index (χ2v) is 9.79. The minimum absolute atomic E-state index is 0.0194. The van der Waals surface area contributed by atoms with E-state index in [0.717, 1.165) is 0 Å². The van der Waals surface area contributed by atoms with E-state index >= 15 is 0 Å². The zero-order valence-corrected chi connectivity index (χ0v) is 18.7. The van der Waals surface area contributed by atoms with Crippen LogP contribution < -0.4 is 5.56 Å². The summed E-state index contributed by atoms with van der Waals surface area (Å²) in [5.74, 6) is -0.457. The zero-order chi connectivity index (χ0) is 23.0. The van der Waals surface area contributed by atoms with E-state index in [0.29, 0.717) is 6.54 Å². The molecule has 1 atom stereocenters. The maximum Gasteiger partial charge on any atom is 0.410 e. The van der Waals surface area contributed by atoms with Crippen molar-refractivity contribution < 1.29 is 19.0 Å². The van der Waals surface area contributed by atoms with Gasteiger partial charge in [0.05, 0.1) is 24.2 Å². The number of rotatable bonds is 3. The molecule has 1 aliphatic rings. The van der Waals surface area contributed by atoms with Crippen molar-refractivity contribution in [2.75, 3.05) is 13.1 Å². The lowest BCUT2D eigenvalue weighted by atomic mass is 9.70. The lowest BCUT2D eigenvalue weighted by Crippen LogP contribution is -2.61. The monoisotopic (exact) mass is 431 g/mol. The van der Waals surface area contributed by atoms with Crippen LogP contribution in [0.1, 0.15) is 41.0 Å². The fourth-order valence-electron chi connectivity index (χ4n) is 3.78. The Labute approximate surface area is 181 Å². The summed E-state index contributed by atoms with van der Waals surface area (Å²) in [5.41, 5.74) is -2.44. The van der Waals surface area contributed by atoms with Crippen LogP contribution in [0.15, 0.2) is 41.5 Å². The molecule has 1 aromatic heterocycles. The van der Waals surface area contributed by atoms with E-state index in [-0.39, 0.29) is 36.3 Å². The van der Waals surface area contributed by atoms with Gasteiger partial charge in [-0.3, -0.25) is 9.36 Å². The number of hydrogen-bond acceptors (Lipinski definition) is 5. The van der Waals surface area contributed by atoms with Crippen LogP contribution in [0.5, 0.6) is 0 Å². The Kier molecular flexibility index (Phi) is 5.97. The summed E-state index contributed by atoms with van der Waals surface area (Å²) in [6.45, 7) is 9.75. The van der Waals surface area contributed by atoms with E-state index in [1.807, 2.05) is 13.8 Å². The molecule has 1 N–H and O–H groups in total. The molecule has 3 rings (SSSR count). The highest BCUT2D eigenvalue weighted by Crippen LogP contribution is 2.40. The van der Waals surface area contributed by atoms with Crippen LogP contribution in [0, 0.1) is 11.2 Å². The standard InChI is InChI=1S/C23H30FN3O4/c1-21(2,3)31-20(29)26-11-10-23(30,22(4,5)13-26)14-27-15-25-18(12-19(27)28)16-8-6-7-9-17(16)24/h6-9,12,15,30H,10-11,13-14H2,1-5H3. The van der Waals surface area contributed by atoms with Gasteiger partial charge < -0.3 is 14.7 Å². The number of hydrogen-bond donors (Lipinski definition) is 1. The van der Waals surface area contributed by atoms with Crippen molar-refractivity contribution in [2.24, 2.45) is 5.41 Å². The second-order valence-electron chi connectivity index (χ2n) is 9.79. The highest BCUT2D eigenvalue weighted by atomic mass is 19.1. The van der Waals surface area contributed by atoms with Crippen LogP contribution >= 0.6 is 0 Å². The van der Waals surface area contributed by atoms with Crippen LogP contribution in [0.2, 0.25) is 0 Å². The Morgan fingerprint density at radius 2 is 1.97 bits per heavy atom. The van der Waals surface area contributed by atoms with Crippen LogP contribution in [0.25, 0.3) is 11.3 Å². The van der Waals surface area contributed by atoms with E-state index in [2.05, 4.69) is 4.98 Å². The number of carbonyl (C=O) groups excluding carboxylic acids is 1. The summed E-state index contributed by atoms with van der Waals surface area (Å²) in [5, 5.41) is 11.4. The first-order valence-corrected chi connectivity index (χ1v) is 10.3. The zero-order valence-electron chi connectivity index (χ0n) is 18.7. The van der Waals surface area contributed by atoms with Gasteiger partial charge in [0.2, 0.25) is 0 Å². The quantitative estimate of drug-likeness (QED) is 0.805. The molecule has 0 radical (unpaired) electrons. The molecule has 1 aliphatic heterocycles. The molecule has 0 spiro atoms. The first kappa shape index (κ1) is 22.9. The molecule has 8 heteroatoms. The van der Waals surface area contributed by atoms with Gasteiger partial charge in [-0.2, -0.15) is 0 Å². The van der Waals surface area contributed by atoms with Crippen molar-refractivity contribution >= 4 is 6.09 Å². The first-order chi connectivity index (χ1) is 14.3. The lowest BCUT2D eigenvalue weighted by Gasteiger charge is -2.50. The highest BCUT2D eigenvalue weighted by molar-refractivity contribution is 5.68. The highest BCUT2D eigenvalue weighted by Gasteiger charge is 2.49. The fraction of sp³-hybridized carbons (Fsp3) is 0.522. The molecule has 2 aromatic rings. The molecule has 1 aromatic carbocycles. The van der Waals surface area contributed by atoms with Gasteiger partial charge in [0.1, 0.15) is 11.4 Å². The molecule has 1 fully saturated rings. The van der Waals surface area contributed by atoms with E-state index < -0.39 is 28.5 Å². The van der Waals surface area contributed by atoms with Crippen LogP contribution in [-0.4, -0.2) is 49.9 Å². The summed E-state index contributed by atoms with van der Waals surface area (Å²) in [6, 6.07) is 7.39. The summed E-state index contributed by atoms with van der Waals surface area (Å²) in [7, 11) is 0. The largest absolute Gasteiger partial charge is 0.444 e. The summed E-state index contributed by atoms with van der Waals surface area (Å²) in [6.07, 6.45) is 1.19. The first-order valence-electron chi connectivity index (χ1n) is 10.3. The Bertz CT molecular complexity index is 1030. The van der Waals surface area contributed by atoms with Crippen molar-refractivity contribution in [3.05, 3.63) is 52.8 Å². The van der Waals surface area contributed by atoms with Crippen molar-refractivity contribution in [3.63, 3.8) is 0 Å². The lowest BCUT2D eigenvalue weighted by molar-refractivity contribution is -0.127. The van der Waals surface area contributed by atoms with E-state index in [1.54, 1.807) is 43.9 Å². The molecule has 0 aliphatic carbocycles. The molecule has 1 saturated heterocycles. The predicted octanol–water partition coefficient (Wildman–Crippen LogP) is 3.45. The maximum absolute atomic E-state index is 14.0. The van der Waals surface area contributed by atoms with Gasteiger partial charge in [-0.15, -0.1) is 0 Å². The summed E-state index contributed by atoms with van der Waals surface area (Å²) < 4.78 is 20.8. The topological polar surface area (TPSA) is 84.7 Å². The predicted molar refractivity (Wildman–Crippen MR) is 115 cm³/mol. The van der Waals surface area contributed by atoms with Gasteiger partial charge in [-0.1, -0.05) is 26.0 Å². The average Bonchev–Trinajstić information content (AvgIpc) is 2.65. The number of benzene rings is 1. The van der Waals surface area contributed by atoms with Gasteiger partial charge >= 0.3 is 6.09 Å². The van der Waals surface area contributed by atoms with Gasteiger partial charge in [0.15, 0.2) is 0 Å². The van der Waals surface area contributed by atoms with Gasteiger partial charge in [-0.05, 0) is 39.3 Å². The van der Waals surface area contributed by atoms with E-state index in [9.17, 15) is 19.1 Å².